The molecule has 0 heterocycles. The summed E-state index contributed by atoms with van der Waals surface area (Å²) >= 11 is 0. The molecule has 0 spiro atoms. The first-order chi connectivity index (χ1) is 9.90. The highest BCUT2D eigenvalue weighted by Crippen LogP contribution is 2.46. The second-order valence-electron chi connectivity index (χ2n) is 5.49. The number of benzene rings is 1. The van der Waals surface area contributed by atoms with Gasteiger partial charge in [-0.2, -0.15) is 0 Å². The van der Waals surface area contributed by atoms with Gasteiger partial charge in [-0.25, -0.2) is 4.79 Å². The van der Waals surface area contributed by atoms with Gasteiger partial charge in [-0.15, -0.1) is 0 Å². The summed E-state index contributed by atoms with van der Waals surface area (Å²) < 4.78 is 9.78. The van der Waals surface area contributed by atoms with Crippen molar-refractivity contribution in [1.82, 2.24) is 0 Å². The van der Waals surface area contributed by atoms with Crippen LogP contribution in [0.4, 0.5) is 11.4 Å². The first-order valence-corrected chi connectivity index (χ1v) is 6.59. The third-order valence-corrected chi connectivity index (χ3v) is 3.71. The lowest BCUT2D eigenvalue weighted by Gasteiger charge is -2.15. The Morgan fingerprint density at radius 1 is 1.43 bits per heavy atom. The minimum atomic E-state index is -0.642. The Morgan fingerprint density at radius 2 is 2.10 bits per heavy atom. The number of rotatable bonds is 6. The molecule has 1 aliphatic carbocycles. The summed E-state index contributed by atoms with van der Waals surface area (Å²) in [6.07, 6.45) is 2.19. The number of nitrogens with one attached hydrogen (secondary N) is 1. The maximum Gasteiger partial charge on any atom is 0.338 e. The number of carbonyl (C=O) groups excluding carboxylic acids is 1. The minimum absolute atomic E-state index is 0.0873. The third kappa shape index (κ3) is 3.24. The monoisotopic (exact) mass is 294 g/mol. The molecule has 1 aromatic rings. The normalized spacial score (nSPS) is 15.2. The van der Waals surface area contributed by atoms with E-state index in [2.05, 4.69) is 17.0 Å². The number of hydrogen-bond acceptors (Lipinski definition) is 6. The fraction of sp³-hybridized carbons (Fsp3) is 0.500. The highest BCUT2D eigenvalue weighted by atomic mass is 16.6. The summed E-state index contributed by atoms with van der Waals surface area (Å²) in [6.45, 7) is 2.74. The zero-order valence-electron chi connectivity index (χ0n) is 12.3. The van der Waals surface area contributed by atoms with Crippen LogP contribution in [-0.4, -0.2) is 31.7 Å². The smallest absolute Gasteiger partial charge is 0.338 e. The molecule has 2 rings (SSSR count). The van der Waals surface area contributed by atoms with Crippen molar-refractivity contribution in [3.05, 3.63) is 27.8 Å². The fourth-order valence-electron chi connectivity index (χ4n) is 2.01. The molecule has 7 heteroatoms. The minimum Gasteiger partial charge on any atom is -0.494 e. The van der Waals surface area contributed by atoms with Crippen LogP contribution in [0.15, 0.2) is 12.1 Å². The van der Waals surface area contributed by atoms with E-state index in [9.17, 15) is 14.9 Å². The Balaban J connectivity index is 2.40. The van der Waals surface area contributed by atoms with Crippen LogP contribution in [0.2, 0.25) is 0 Å². The van der Waals surface area contributed by atoms with Crippen molar-refractivity contribution in [3.8, 4) is 5.75 Å². The number of methoxy groups -OCH3 is 2. The van der Waals surface area contributed by atoms with E-state index in [1.165, 1.54) is 26.4 Å². The number of hydrogen-bond donors (Lipinski definition) is 1. The van der Waals surface area contributed by atoms with E-state index in [-0.39, 0.29) is 22.4 Å². The number of anilines is 1. The van der Waals surface area contributed by atoms with Crippen LogP contribution in [0, 0.1) is 15.5 Å². The maximum absolute atomic E-state index is 11.6. The lowest BCUT2D eigenvalue weighted by atomic mass is 10.1. The molecular formula is C14H18N2O5. The molecule has 1 aromatic carbocycles. The first-order valence-electron chi connectivity index (χ1n) is 6.59. The van der Waals surface area contributed by atoms with Crippen LogP contribution < -0.4 is 10.1 Å². The second-order valence-corrected chi connectivity index (χ2v) is 5.49. The van der Waals surface area contributed by atoms with Gasteiger partial charge in [-0.05, 0) is 24.3 Å². The SMILES string of the molecule is COC(=O)c1cc(OC)c(NCC2(C)CC2)c([N+](=O)[O-])c1. The molecule has 1 N–H and O–H groups in total. The molecule has 0 bridgehead atoms. The molecule has 0 radical (unpaired) electrons. The van der Waals surface area contributed by atoms with Crippen molar-refractivity contribution in [3.63, 3.8) is 0 Å². The van der Waals surface area contributed by atoms with Crippen molar-refractivity contribution < 1.29 is 19.2 Å². The van der Waals surface area contributed by atoms with Gasteiger partial charge in [0.15, 0.2) is 5.69 Å². The van der Waals surface area contributed by atoms with Gasteiger partial charge in [0.25, 0.3) is 5.69 Å². The Bertz CT molecular complexity index is 581. The number of esters is 1. The molecular weight excluding hydrogens is 276 g/mol. The van der Waals surface area contributed by atoms with Crippen LogP contribution in [0.5, 0.6) is 5.75 Å². The Hall–Kier alpha value is -2.31. The van der Waals surface area contributed by atoms with Gasteiger partial charge in [0, 0.05) is 12.6 Å². The molecule has 0 unspecified atom stereocenters. The molecule has 1 saturated carbocycles. The molecule has 0 saturated heterocycles. The average Bonchev–Trinajstić information content (AvgIpc) is 3.21. The summed E-state index contributed by atoms with van der Waals surface area (Å²) in [4.78, 5) is 22.3. The summed E-state index contributed by atoms with van der Waals surface area (Å²) in [5.41, 5.74) is 0.367. The first kappa shape index (κ1) is 15.1. The van der Waals surface area contributed by atoms with Gasteiger partial charge in [0.05, 0.1) is 24.7 Å². The number of ether oxygens (including phenoxy) is 2. The van der Waals surface area contributed by atoms with E-state index in [0.29, 0.717) is 12.2 Å². The lowest BCUT2D eigenvalue weighted by Crippen LogP contribution is -2.14. The quantitative estimate of drug-likeness (QED) is 0.492. The summed E-state index contributed by atoms with van der Waals surface area (Å²) in [5.74, 6) is -0.383. The summed E-state index contributed by atoms with van der Waals surface area (Å²) in [6, 6.07) is 2.64. The summed E-state index contributed by atoms with van der Waals surface area (Å²) in [5, 5.41) is 14.3. The predicted octanol–water partition coefficient (Wildman–Crippen LogP) is 2.60. The molecule has 0 amide bonds. The molecule has 7 nitrogen and oxygen atoms in total. The Kier molecular flexibility index (Phi) is 4.02. The maximum atomic E-state index is 11.6. The standard InChI is InChI=1S/C14H18N2O5/c1-14(4-5-14)8-15-12-10(16(18)19)6-9(13(17)21-3)7-11(12)20-2/h6-7,15H,4-5,8H2,1-3H3. The topological polar surface area (TPSA) is 90.7 Å². The van der Waals surface area contributed by atoms with Gasteiger partial charge in [-0.1, -0.05) is 6.92 Å². The molecule has 21 heavy (non-hydrogen) atoms. The van der Waals surface area contributed by atoms with Crippen molar-refractivity contribution in [1.29, 1.82) is 0 Å². The van der Waals surface area contributed by atoms with Crippen molar-refractivity contribution in [2.75, 3.05) is 26.1 Å². The van der Waals surface area contributed by atoms with Crippen LogP contribution in [-0.2, 0) is 4.74 Å². The Labute approximate surface area is 122 Å². The predicted molar refractivity (Wildman–Crippen MR) is 76.8 cm³/mol. The molecule has 0 aromatic heterocycles. The second kappa shape index (κ2) is 5.59. The van der Waals surface area contributed by atoms with Gasteiger partial charge >= 0.3 is 5.97 Å². The van der Waals surface area contributed by atoms with Gasteiger partial charge in [0.1, 0.15) is 5.75 Å². The highest BCUT2D eigenvalue weighted by Gasteiger charge is 2.37. The van der Waals surface area contributed by atoms with E-state index in [4.69, 9.17) is 4.74 Å². The van der Waals surface area contributed by atoms with E-state index >= 15 is 0 Å². The van der Waals surface area contributed by atoms with Gasteiger partial charge in [-0.3, -0.25) is 10.1 Å². The number of carbonyl (C=O) groups is 1. The van der Waals surface area contributed by atoms with Crippen LogP contribution >= 0.6 is 0 Å². The number of nitro groups is 1. The third-order valence-electron chi connectivity index (χ3n) is 3.71. The van der Waals surface area contributed by atoms with Crippen LogP contribution in [0.3, 0.4) is 0 Å². The molecule has 0 aliphatic heterocycles. The van der Waals surface area contributed by atoms with Crippen LogP contribution in [0.25, 0.3) is 0 Å². The number of nitro benzene ring substituents is 1. The largest absolute Gasteiger partial charge is 0.494 e. The summed E-state index contributed by atoms with van der Waals surface area (Å²) in [7, 11) is 2.63. The van der Waals surface area contributed by atoms with E-state index < -0.39 is 10.9 Å². The molecule has 114 valence electrons. The van der Waals surface area contributed by atoms with Gasteiger partial charge < -0.3 is 14.8 Å². The van der Waals surface area contributed by atoms with Gasteiger partial charge in [0.2, 0.25) is 0 Å². The van der Waals surface area contributed by atoms with E-state index in [1.807, 2.05) is 0 Å². The fourth-order valence-corrected chi connectivity index (χ4v) is 2.01. The zero-order valence-corrected chi connectivity index (χ0v) is 12.3. The average molecular weight is 294 g/mol. The Morgan fingerprint density at radius 3 is 2.57 bits per heavy atom. The lowest BCUT2D eigenvalue weighted by molar-refractivity contribution is -0.384. The van der Waals surface area contributed by atoms with Crippen molar-refractivity contribution in [2.45, 2.75) is 19.8 Å². The zero-order chi connectivity index (χ0) is 15.6. The number of nitrogens with zero attached hydrogens (tertiary/aromatic N) is 1. The molecule has 0 atom stereocenters. The van der Waals surface area contributed by atoms with E-state index in [1.54, 1.807) is 0 Å². The van der Waals surface area contributed by atoms with Crippen molar-refractivity contribution in [2.24, 2.45) is 5.41 Å². The van der Waals surface area contributed by atoms with Crippen molar-refractivity contribution >= 4 is 17.3 Å². The molecule has 1 fully saturated rings. The van der Waals surface area contributed by atoms with Crippen LogP contribution in [0.1, 0.15) is 30.1 Å². The van der Waals surface area contributed by atoms with E-state index in [0.717, 1.165) is 12.8 Å². The highest BCUT2D eigenvalue weighted by molar-refractivity contribution is 5.92. The molecule has 1 aliphatic rings.